The van der Waals surface area contributed by atoms with E-state index < -0.39 is 5.91 Å². The molecular weight excluding hydrogens is 346 g/mol. The minimum absolute atomic E-state index is 0.445. The van der Waals surface area contributed by atoms with Gasteiger partial charge in [-0.2, -0.15) is 5.26 Å². The summed E-state index contributed by atoms with van der Waals surface area (Å²) in [6, 6.07) is 19.0. The van der Waals surface area contributed by atoms with E-state index in [1.807, 2.05) is 49.4 Å². The smallest absolute Gasteiger partial charge is 0.250 e. The maximum atomic E-state index is 11.8. The molecule has 0 atom stereocenters. The van der Waals surface area contributed by atoms with Crippen LogP contribution in [-0.2, 0) is 13.0 Å². The average Bonchev–Trinajstić information content (AvgIpc) is 2.97. The first-order chi connectivity index (χ1) is 12.5. The molecule has 1 heterocycles. The van der Waals surface area contributed by atoms with Crippen LogP contribution in [0.5, 0.6) is 0 Å². The maximum Gasteiger partial charge on any atom is 0.250 e. The fourth-order valence-corrected chi connectivity index (χ4v) is 3.28. The molecule has 130 valence electrons. The summed E-state index contributed by atoms with van der Waals surface area (Å²) < 4.78 is 2.09. The zero-order valence-electron chi connectivity index (χ0n) is 14.4. The van der Waals surface area contributed by atoms with Crippen LogP contribution in [0.4, 0.5) is 0 Å². The second kappa shape index (κ2) is 7.47. The molecule has 0 radical (unpaired) electrons. The Kier molecular flexibility index (Phi) is 5.11. The van der Waals surface area contributed by atoms with Crippen molar-refractivity contribution in [1.82, 2.24) is 4.57 Å². The predicted molar refractivity (Wildman–Crippen MR) is 103 cm³/mol. The Hall–Kier alpha value is -3.03. The number of aryl methyl sites for hydroxylation is 1. The van der Waals surface area contributed by atoms with Gasteiger partial charge in [-0.1, -0.05) is 35.9 Å². The van der Waals surface area contributed by atoms with Crippen molar-refractivity contribution in [3.63, 3.8) is 0 Å². The number of aromatic nitrogens is 1. The standard InChI is InChI=1S/C21H18ClN3O/c1-14-19(21(24)26)12-20(17-7-5-16(13-23)6-8-17)25(14)10-9-15-3-2-4-18(22)11-15/h2-8,11-12H,9-10H2,1H3,(H2,24,26). The molecule has 0 unspecified atom stereocenters. The number of nitrogens with two attached hydrogens (primary N) is 1. The first kappa shape index (κ1) is 17.8. The second-order valence-corrected chi connectivity index (χ2v) is 6.55. The van der Waals surface area contributed by atoms with Gasteiger partial charge in [-0.3, -0.25) is 4.79 Å². The molecule has 4 nitrogen and oxygen atoms in total. The fraction of sp³-hybridized carbons (Fsp3) is 0.143. The molecular formula is C21H18ClN3O. The zero-order valence-corrected chi connectivity index (χ0v) is 15.1. The number of carbonyl (C=O) groups excluding carboxylic acids is 1. The zero-order chi connectivity index (χ0) is 18.7. The molecule has 0 aliphatic heterocycles. The quantitative estimate of drug-likeness (QED) is 0.732. The molecule has 1 amide bonds. The lowest BCUT2D eigenvalue weighted by molar-refractivity contribution is 0.0999. The van der Waals surface area contributed by atoms with Gasteiger partial charge in [-0.05, 0) is 54.8 Å². The van der Waals surface area contributed by atoms with Crippen molar-refractivity contribution in [3.8, 4) is 17.3 Å². The van der Waals surface area contributed by atoms with Crippen molar-refractivity contribution in [3.05, 3.63) is 82.0 Å². The van der Waals surface area contributed by atoms with Crippen LogP contribution in [0, 0.1) is 18.3 Å². The predicted octanol–water partition coefficient (Wildman–Crippen LogP) is 4.33. The lowest BCUT2D eigenvalue weighted by Gasteiger charge is -2.12. The molecule has 0 saturated heterocycles. The Morgan fingerprint density at radius 2 is 1.92 bits per heavy atom. The van der Waals surface area contributed by atoms with Gasteiger partial charge in [0.05, 0.1) is 17.2 Å². The Morgan fingerprint density at radius 3 is 2.54 bits per heavy atom. The number of halogens is 1. The number of amides is 1. The van der Waals surface area contributed by atoms with Crippen molar-refractivity contribution in [2.75, 3.05) is 0 Å². The third-order valence-corrected chi connectivity index (χ3v) is 4.69. The van der Waals surface area contributed by atoms with Crippen LogP contribution >= 0.6 is 11.6 Å². The van der Waals surface area contributed by atoms with Gasteiger partial charge in [0.15, 0.2) is 0 Å². The van der Waals surface area contributed by atoms with Gasteiger partial charge in [0.25, 0.3) is 5.91 Å². The molecule has 0 bridgehead atoms. The number of primary amides is 1. The highest BCUT2D eigenvalue weighted by Gasteiger charge is 2.16. The molecule has 0 saturated carbocycles. The van der Waals surface area contributed by atoms with Crippen LogP contribution in [-0.4, -0.2) is 10.5 Å². The summed E-state index contributed by atoms with van der Waals surface area (Å²) in [5.41, 5.74) is 10.4. The van der Waals surface area contributed by atoms with E-state index >= 15 is 0 Å². The largest absolute Gasteiger partial charge is 0.366 e. The highest BCUT2D eigenvalue weighted by molar-refractivity contribution is 6.30. The number of hydrogen-bond donors (Lipinski definition) is 1. The molecule has 0 fully saturated rings. The molecule has 2 aromatic carbocycles. The minimum atomic E-state index is -0.445. The second-order valence-electron chi connectivity index (χ2n) is 6.11. The van der Waals surface area contributed by atoms with Crippen molar-refractivity contribution < 1.29 is 4.79 Å². The molecule has 3 rings (SSSR count). The van der Waals surface area contributed by atoms with E-state index in [1.54, 1.807) is 12.1 Å². The van der Waals surface area contributed by atoms with Crippen LogP contribution in [0.1, 0.15) is 27.2 Å². The number of benzene rings is 2. The van der Waals surface area contributed by atoms with E-state index in [4.69, 9.17) is 22.6 Å². The summed E-state index contributed by atoms with van der Waals surface area (Å²) in [7, 11) is 0. The van der Waals surface area contributed by atoms with Crippen molar-refractivity contribution in [1.29, 1.82) is 5.26 Å². The number of nitrogens with zero attached hydrogens (tertiary/aromatic N) is 2. The first-order valence-electron chi connectivity index (χ1n) is 8.24. The van der Waals surface area contributed by atoms with Crippen LogP contribution in [0.3, 0.4) is 0 Å². The highest BCUT2D eigenvalue weighted by atomic mass is 35.5. The van der Waals surface area contributed by atoms with E-state index in [0.717, 1.165) is 28.9 Å². The maximum absolute atomic E-state index is 11.8. The van der Waals surface area contributed by atoms with Gasteiger partial charge in [0, 0.05) is 23.0 Å². The third-order valence-electron chi connectivity index (χ3n) is 4.45. The van der Waals surface area contributed by atoms with E-state index in [0.29, 0.717) is 22.7 Å². The lowest BCUT2D eigenvalue weighted by atomic mass is 10.1. The molecule has 0 spiro atoms. The molecule has 26 heavy (non-hydrogen) atoms. The monoisotopic (exact) mass is 363 g/mol. The first-order valence-corrected chi connectivity index (χ1v) is 8.62. The molecule has 5 heteroatoms. The van der Waals surface area contributed by atoms with E-state index in [9.17, 15) is 4.79 Å². The van der Waals surface area contributed by atoms with Gasteiger partial charge in [-0.15, -0.1) is 0 Å². The lowest BCUT2D eigenvalue weighted by Crippen LogP contribution is -2.13. The highest BCUT2D eigenvalue weighted by Crippen LogP contribution is 2.27. The van der Waals surface area contributed by atoms with Crippen LogP contribution in [0.2, 0.25) is 5.02 Å². The molecule has 2 N–H and O–H groups in total. The van der Waals surface area contributed by atoms with Crippen LogP contribution < -0.4 is 5.73 Å². The van der Waals surface area contributed by atoms with E-state index in [-0.39, 0.29) is 0 Å². The summed E-state index contributed by atoms with van der Waals surface area (Å²) in [6.45, 7) is 2.58. The number of carbonyl (C=O) groups is 1. The number of hydrogen-bond acceptors (Lipinski definition) is 2. The third kappa shape index (κ3) is 3.63. The summed E-state index contributed by atoms with van der Waals surface area (Å²) in [5, 5.41) is 9.69. The van der Waals surface area contributed by atoms with Crippen molar-refractivity contribution >= 4 is 17.5 Å². The SMILES string of the molecule is Cc1c(C(N)=O)cc(-c2ccc(C#N)cc2)n1CCc1cccc(Cl)c1. The van der Waals surface area contributed by atoms with Gasteiger partial charge in [-0.25, -0.2) is 0 Å². The average molecular weight is 364 g/mol. The molecule has 1 aromatic heterocycles. The van der Waals surface area contributed by atoms with Crippen molar-refractivity contribution in [2.24, 2.45) is 5.73 Å². The van der Waals surface area contributed by atoms with E-state index in [2.05, 4.69) is 10.6 Å². The normalized spacial score (nSPS) is 10.5. The Balaban J connectivity index is 1.99. The van der Waals surface area contributed by atoms with Crippen LogP contribution in [0.15, 0.2) is 54.6 Å². The van der Waals surface area contributed by atoms with Gasteiger partial charge in [0.1, 0.15) is 0 Å². The van der Waals surface area contributed by atoms with Crippen LogP contribution in [0.25, 0.3) is 11.3 Å². The number of nitriles is 1. The minimum Gasteiger partial charge on any atom is -0.366 e. The van der Waals surface area contributed by atoms with Gasteiger partial charge >= 0.3 is 0 Å². The Morgan fingerprint density at radius 1 is 1.19 bits per heavy atom. The summed E-state index contributed by atoms with van der Waals surface area (Å²) in [5.74, 6) is -0.445. The molecule has 0 aliphatic rings. The Labute approximate surface area is 157 Å². The Bertz CT molecular complexity index is 997. The van der Waals surface area contributed by atoms with Gasteiger partial charge in [0.2, 0.25) is 0 Å². The van der Waals surface area contributed by atoms with Crippen molar-refractivity contribution in [2.45, 2.75) is 19.9 Å². The van der Waals surface area contributed by atoms with Gasteiger partial charge < -0.3 is 10.3 Å². The summed E-state index contributed by atoms with van der Waals surface area (Å²) in [6.07, 6.45) is 0.775. The molecule has 0 aliphatic carbocycles. The number of rotatable bonds is 5. The summed E-state index contributed by atoms with van der Waals surface area (Å²) >= 11 is 6.06. The molecule has 3 aromatic rings. The fourth-order valence-electron chi connectivity index (χ4n) is 3.07. The summed E-state index contributed by atoms with van der Waals surface area (Å²) in [4.78, 5) is 11.8. The topological polar surface area (TPSA) is 71.8 Å². The van der Waals surface area contributed by atoms with E-state index in [1.165, 1.54) is 0 Å².